The number of rotatable bonds is 3. The van der Waals surface area contributed by atoms with Gasteiger partial charge in [0.1, 0.15) is 0 Å². The second-order valence-corrected chi connectivity index (χ2v) is 6.21. The fraction of sp³-hybridized carbons (Fsp3) is 0.368. The van der Waals surface area contributed by atoms with Crippen LogP contribution in [0, 0.1) is 13.8 Å². The van der Waals surface area contributed by atoms with E-state index in [4.69, 9.17) is 5.73 Å². The van der Waals surface area contributed by atoms with Gasteiger partial charge in [-0.15, -0.1) is 0 Å². The Bertz CT molecular complexity index is 596. The highest BCUT2D eigenvalue weighted by molar-refractivity contribution is 5.40. The minimum Gasteiger partial charge on any atom is -0.323 e. The Labute approximate surface area is 121 Å². The van der Waals surface area contributed by atoms with Crippen LogP contribution in [0.4, 0.5) is 0 Å². The maximum atomic E-state index is 6.72. The first-order chi connectivity index (χ1) is 9.63. The van der Waals surface area contributed by atoms with Crippen LogP contribution >= 0.6 is 0 Å². The van der Waals surface area contributed by atoms with E-state index in [0.717, 1.165) is 0 Å². The van der Waals surface area contributed by atoms with Gasteiger partial charge in [0.15, 0.2) is 0 Å². The van der Waals surface area contributed by atoms with Crippen LogP contribution in [0.1, 0.15) is 47.6 Å². The van der Waals surface area contributed by atoms with E-state index in [9.17, 15) is 0 Å². The molecule has 0 bridgehead atoms. The zero-order valence-electron chi connectivity index (χ0n) is 12.4. The molecule has 1 aliphatic carbocycles. The van der Waals surface area contributed by atoms with Crippen molar-refractivity contribution in [1.29, 1.82) is 0 Å². The van der Waals surface area contributed by atoms with Gasteiger partial charge in [0.05, 0.1) is 0 Å². The SMILES string of the molecule is Cc1ccc(C(N)C2(c3ccccc3)CCC2)c(C)c1. The van der Waals surface area contributed by atoms with Crippen LogP contribution in [0.5, 0.6) is 0 Å². The molecule has 1 atom stereocenters. The van der Waals surface area contributed by atoms with Gasteiger partial charge < -0.3 is 5.73 Å². The lowest BCUT2D eigenvalue weighted by Gasteiger charge is -2.47. The normalized spacial score (nSPS) is 18.4. The van der Waals surface area contributed by atoms with Gasteiger partial charge in [-0.25, -0.2) is 0 Å². The van der Waals surface area contributed by atoms with Crippen molar-refractivity contribution in [3.63, 3.8) is 0 Å². The van der Waals surface area contributed by atoms with E-state index in [1.807, 2.05) is 0 Å². The Kier molecular flexibility index (Phi) is 3.39. The van der Waals surface area contributed by atoms with E-state index in [2.05, 4.69) is 62.4 Å². The maximum absolute atomic E-state index is 6.72. The number of hydrogen-bond donors (Lipinski definition) is 1. The molecule has 1 heteroatoms. The van der Waals surface area contributed by atoms with Crippen molar-refractivity contribution in [2.24, 2.45) is 5.73 Å². The Morgan fingerprint density at radius 2 is 1.70 bits per heavy atom. The summed E-state index contributed by atoms with van der Waals surface area (Å²) in [4.78, 5) is 0. The molecule has 2 aromatic rings. The van der Waals surface area contributed by atoms with Gasteiger partial charge in [-0.05, 0) is 43.4 Å². The summed E-state index contributed by atoms with van der Waals surface area (Å²) in [5.41, 5.74) is 12.2. The minimum atomic E-state index is 0.0965. The van der Waals surface area contributed by atoms with Crippen molar-refractivity contribution in [3.05, 3.63) is 70.8 Å². The fourth-order valence-corrected chi connectivity index (χ4v) is 3.58. The highest BCUT2D eigenvalue weighted by Crippen LogP contribution is 2.51. The minimum absolute atomic E-state index is 0.0965. The average molecular weight is 265 g/mol. The second-order valence-electron chi connectivity index (χ2n) is 6.21. The average Bonchev–Trinajstić information content (AvgIpc) is 2.38. The molecule has 20 heavy (non-hydrogen) atoms. The third-order valence-corrected chi connectivity index (χ3v) is 4.95. The quantitative estimate of drug-likeness (QED) is 0.873. The lowest BCUT2D eigenvalue weighted by molar-refractivity contribution is 0.196. The van der Waals surface area contributed by atoms with Gasteiger partial charge in [-0.2, -0.15) is 0 Å². The van der Waals surface area contributed by atoms with E-state index in [0.29, 0.717) is 0 Å². The van der Waals surface area contributed by atoms with Crippen molar-refractivity contribution in [1.82, 2.24) is 0 Å². The Hall–Kier alpha value is -1.60. The van der Waals surface area contributed by atoms with Crippen LogP contribution in [0.15, 0.2) is 48.5 Å². The van der Waals surface area contributed by atoms with Crippen LogP contribution in [0.2, 0.25) is 0 Å². The van der Waals surface area contributed by atoms with Crippen LogP contribution in [0.25, 0.3) is 0 Å². The van der Waals surface area contributed by atoms with Crippen LogP contribution < -0.4 is 5.73 Å². The number of benzene rings is 2. The molecule has 0 aliphatic heterocycles. The predicted octanol–water partition coefficient (Wildman–Crippen LogP) is 4.43. The Morgan fingerprint density at radius 1 is 1.00 bits per heavy atom. The van der Waals surface area contributed by atoms with Crippen molar-refractivity contribution >= 4 is 0 Å². The Morgan fingerprint density at radius 3 is 2.25 bits per heavy atom. The molecular formula is C19H23N. The molecule has 0 amide bonds. The molecule has 104 valence electrons. The second kappa shape index (κ2) is 5.06. The topological polar surface area (TPSA) is 26.0 Å². The van der Waals surface area contributed by atoms with Gasteiger partial charge >= 0.3 is 0 Å². The summed E-state index contributed by atoms with van der Waals surface area (Å²) in [6.45, 7) is 4.32. The zero-order chi connectivity index (χ0) is 14.2. The largest absolute Gasteiger partial charge is 0.323 e. The van der Waals surface area contributed by atoms with Crippen molar-refractivity contribution in [2.75, 3.05) is 0 Å². The first-order valence-electron chi connectivity index (χ1n) is 7.52. The summed E-state index contributed by atoms with van der Waals surface area (Å²) < 4.78 is 0. The molecule has 2 N–H and O–H groups in total. The molecule has 0 radical (unpaired) electrons. The first kappa shape index (κ1) is 13.4. The van der Waals surface area contributed by atoms with Crippen LogP contribution in [-0.2, 0) is 5.41 Å². The fourth-order valence-electron chi connectivity index (χ4n) is 3.58. The predicted molar refractivity (Wildman–Crippen MR) is 84.8 cm³/mol. The number of hydrogen-bond acceptors (Lipinski definition) is 1. The summed E-state index contributed by atoms with van der Waals surface area (Å²) in [5.74, 6) is 0. The molecule has 3 rings (SSSR count). The van der Waals surface area contributed by atoms with Gasteiger partial charge in [0.25, 0.3) is 0 Å². The van der Waals surface area contributed by atoms with Gasteiger partial charge in [-0.3, -0.25) is 0 Å². The van der Waals surface area contributed by atoms with Crippen molar-refractivity contribution in [2.45, 2.75) is 44.6 Å². The molecule has 0 aromatic heterocycles. The van der Waals surface area contributed by atoms with E-state index >= 15 is 0 Å². The maximum Gasteiger partial charge on any atom is 0.0395 e. The summed E-state index contributed by atoms with van der Waals surface area (Å²) in [7, 11) is 0. The smallest absolute Gasteiger partial charge is 0.0395 e. The molecule has 0 heterocycles. The molecule has 0 spiro atoms. The summed E-state index contributed by atoms with van der Waals surface area (Å²) in [6.07, 6.45) is 3.69. The summed E-state index contributed by atoms with van der Waals surface area (Å²) >= 11 is 0. The monoisotopic (exact) mass is 265 g/mol. The molecule has 2 aromatic carbocycles. The standard InChI is InChI=1S/C19H23N/c1-14-9-10-17(15(2)13-14)18(20)19(11-6-12-19)16-7-4-3-5-8-16/h3-5,7-10,13,18H,6,11-12,20H2,1-2H3. The molecule has 0 saturated heterocycles. The van der Waals surface area contributed by atoms with Gasteiger partial charge in [0.2, 0.25) is 0 Å². The van der Waals surface area contributed by atoms with E-state index < -0.39 is 0 Å². The van der Waals surface area contributed by atoms with Crippen LogP contribution in [-0.4, -0.2) is 0 Å². The molecule has 1 fully saturated rings. The zero-order valence-corrected chi connectivity index (χ0v) is 12.4. The third kappa shape index (κ3) is 2.06. The van der Waals surface area contributed by atoms with E-state index in [1.54, 1.807) is 0 Å². The Balaban J connectivity index is 2.01. The number of nitrogens with two attached hydrogens (primary N) is 1. The molecule has 1 saturated carbocycles. The van der Waals surface area contributed by atoms with E-state index in [-0.39, 0.29) is 11.5 Å². The van der Waals surface area contributed by atoms with Crippen molar-refractivity contribution in [3.8, 4) is 0 Å². The molecule has 1 unspecified atom stereocenters. The molecular weight excluding hydrogens is 242 g/mol. The molecule has 1 aliphatic rings. The highest BCUT2D eigenvalue weighted by atomic mass is 14.7. The van der Waals surface area contributed by atoms with E-state index in [1.165, 1.54) is 41.5 Å². The molecule has 1 nitrogen and oxygen atoms in total. The lowest BCUT2D eigenvalue weighted by atomic mass is 9.58. The van der Waals surface area contributed by atoms with Gasteiger partial charge in [0, 0.05) is 11.5 Å². The van der Waals surface area contributed by atoms with Crippen LogP contribution in [0.3, 0.4) is 0 Å². The summed E-state index contributed by atoms with van der Waals surface area (Å²) in [6, 6.07) is 17.6. The number of aryl methyl sites for hydroxylation is 2. The summed E-state index contributed by atoms with van der Waals surface area (Å²) in [5, 5.41) is 0. The van der Waals surface area contributed by atoms with Gasteiger partial charge in [-0.1, -0.05) is 60.5 Å². The third-order valence-electron chi connectivity index (χ3n) is 4.95. The highest BCUT2D eigenvalue weighted by Gasteiger charge is 2.44. The van der Waals surface area contributed by atoms with Crippen molar-refractivity contribution < 1.29 is 0 Å². The first-order valence-corrected chi connectivity index (χ1v) is 7.52. The lowest BCUT2D eigenvalue weighted by Crippen LogP contribution is -2.44.